The minimum absolute atomic E-state index is 0.250. The highest BCUT2D eigenvalue weighted by atomic mass is 32.1. The van der Waals surface area contributed by atoms with Crippen LogP contribution in [0.3, 0.4) is 0 Å². The second-order valence-corrected chi connectivity index (χ2v) is 6.02. The van der Waals surface area contributed by atoms with Crippen LogP contribution in [-0.4, -0.2) is 29.2 Å². The van der Waals surface area contributed by atoms with Crippen molar-refractivity contribution in [2.45, 2.75) is 39.3 Å². The van der Waals surface area contributed by atoms with Gasteiger partial charge in [-0.25, -0.2) is 0 Å². The van der Waals surface area contributed by atoms with Crippen molar-refractivity contribution in [2.75, 3.05) is 13.1 Å². The van der Waals surface area contributed by atoms with Crippen LogP contribution >= 0.6 is 11.3 Å². The lowest BCUT2D eigenvalue weighted by molar-refractivity contribution is 0.0958. The third kappa shape index (κ3) is 6.34. The first-order valence-corrected chi connectivity index (χ1v) is 7.58. The van der Waals surface area contributed by atoms with Crippen molar-refractivity contribution >= 4 is 11.3 Å². The number of allylic oxidation sites excluding steroid dienone is 1. The van der Waals surface area contributed by atoms with E-state index in [-0.39, 0.29) is 6.10 Å². The van der Waals surface area contributed by atoms with E-state index in [9.17, 15) is 5.11 Å². The molecule has 1 N–H and O–H groups in total. The van der Waals surface area contributed by atoms with Crippen molar-refractivity contribution in [3.05, 3.63) is 35.0 Å². The summed E-state index contributed by atoms with van der Waals surface area (Å²) in [7, 11) is 0. The van der Waals surface area contributed by atoms with E-state index in [1.165, 1.54) is 5.56 Å². The van der Waals surface area contributed by atoms with E-state index in [0.717, 1.165) is 32.5 Å². The second-order valence-electron chi connectivity index (χ2n) is 5.24. The molecule has 18 heavy (non-hydrogen) atoms. The predicted molar refractivity (Wildman–Crippen MR) is 79.9 cm³/mol. The monoisotopic (exact) mass is 267 g/mol. The Kier molecular flexibility index (Phi) is 7.25. The Bertz CT molecular complexity index is 321. The molecule has 1 rings (SSSR count). The fourth-order valence-electron chi connectivity index (χ4n) is 2.06. The van der Waals surface area contributed by atoms with E-state index in [1.807, 2.05) is 6.08 Å². The summed E-state index contributed by atoms with van der Waals surface area (Å²) in [6, 6.07) is 2.16. The zero-order valence-electron chi connectivity index (χ0n) is 11.5. The van der Waals surface area contributed by atoms with E-state index in [1.54, 1.807) is 11.3 Å². The molecule has 0 amide bonds. The van der Waals surface area contributed by atoms with Crippen molar-refractivity contribution in [1.29, 1.82) is 0 Å². The molecule has 0 fully saturated rings. The molecule has 1 unspecified atom stereocenters. The molecule has 0 spiro atoms. The van der Waals surface area contributed by atoms with Gasteiger partial charge in [-0.3, -0.25) is 4.90 Å². The number of hydrogen-bond donors (Lipinski definition) is 1. The lowest BCUT2D eigenvalue weighted by Crippen LogP contribution is -2.34. The summed E-state index contributed by atoms with van der Waals surface area (Å²) in [4.78, 5) is 2.35. The Balaban J connectivity index is 2.46. The van der Waals surface area contributed by atoms with Crippen LogP contribution in [0.1, 0.15) is 32.3 Å². The van der Waals surface area contributed by atoms with Crippen LogP contribution in [0.4, 0.5) is 0 Å². The van der Waals surface area contributed by atoms with Crippen molar-refractivity contribution in [3.63, 3.8) is 0 Å². The molecule has 0 aromatic carbocycles. The van der Waals surface area contributed by atoms with Crippen LogP contribution in [0, 0.1) is 5.92 Å². The average molecular weight is 267 g/mol. The highest BCUT2D eigenvalue weighted by molar-refractivity contribution is 7.07. The smallest absolute Gasteiger partial charge is 0.0670 e. The van der Waals surface area contributed by atoms with Gasteiger partial charge in [0.2, 0.25) is 0 Å². The molecule has 0 radical (unpaired) electrons. The van der Waals surface area contributed by atoms with Gasteiger partial charge in [0.25, 0.3) is 0 Å². The third-order valence-electron chi connectivity index (χ3n) is 2.78. The number of nitrogens with zero attached hydrogens (tertiary/aromatic N) is 1. The van der Waals surface area contributed by atoms with E-state index in [4.69, 9.17) is 0 Å². The van der Waals surface area contributed by atoms with E-state index >= 15 is 0 Å². The van der Waals surface area contributed by atoms with Gasteiger partial charge in [0.05, 0.1) is 6.10 Å². The van der Waals surface area contributed by atoms with Gasteiger partial charge in [0.1, 0.15) is 0 Å². The minimum Gasteiger partial charge on any atom is -0.392 e. The molecule has 0 saturated heterocycles. The lowest BCUT2D eigenvalue weighted by atomic mass is 10.1. The van der Waals surface area contributed by atoms with Crippen LogP contribution in [0.15, 0.2) is 29.5 Å². The molecule has 102 valence electrons. The first-order chi connectivity index (χ1) is 8.61. The van der Waals surface area contributed by atoms with Crippen LogP contribution in [0.2, 0.25) is 0 Å². The van der Waals surface area contributed by atoms with Gasteiger partial charge in [-0.15, -0.1) is 6.58 Å². The standard InChI is InChI=1S/C15H25NOS/c1-4-5-6-15(17)11-16(9-13(2)3)10-14-7-8-18-12-14/h4,7-8,12-13,15,17H,1,5-6,9-11H2,2-3H3. The molecule has 0 aliphatic rings. The topological polar surface area (TPSA) is 23.5 Å². The normalized spacial score (nSPS) is 13.2. The quantitative estimate of drug-likeness (QED) is 0.692. The molecule has 0 aliphatic carbocycles. The molecule has 0 aliphatic heterocycles. The molecule has 1 atom stereocenters. The zero-order chi connectivity index (χ0) is 13.4. The molecular formula is C15H25NOS. The maximum Gasteiger partial charge on any atom is 0.0670 e. The summed E-state index contributed by atoms with van der Waals surface area (Å²) in [6.45, 7) is 10.9. The Morgan fingerprint density at radius 2 is 2.22 bits per heavy atom. The first-order valence-electron chi connectivity index (χ1n) is 6.64. The molecule has 0 bridgehead atoms. The maximum atomic E-state index is 10.0. The predicted octanol–water partition coefficient (Wildman–Crippen LogP) is 3.53. The van der Waals surface area contributed by atoms with Gasteiger partial charge in [-0.1, -0.05) is 19.9 Å². The second kappa shape index (κ2) is 8.46. The van der Waals surface area contributed by atoms with Crippen LogP contribution in [0.5, 0.6) is 0 Å². The highest BCUT2D eigenvalue weighted by Crippen LogP contribution is 2.12. The van der Waals surface area contributed by atoms with Gasteiger partial charge in [0.15, 0.2) is 0 Å². The number of thiophene rings is 1. The molecular weight excluding hydrogens is 242 g/mol. The molecule has 1 aromatic rings. The summed E-state index contributed by atoms with van der Waals surface area (Å²) in [5.74, 6) is 0.621. The summed E-state index contributed by atoms with van der Waals surface area (Å²) < 4.78 is 0. The van der Waals surface area contributed by atoms with Gasteiger partial charge < -0.3 is 5.11 Å². The Morgan fingerprint density at radius 1 is 1.44 bits per heavy atom. The van der Waals surface area contributed by atoms with Gasteiger partial charge in [-0.2, -0.15) is 11.3 Å². The van der Waals surface area contributed by atoms with Crippen molar-refractivity contribution in [2.24, 2.45) is 5.92 Å². The summed E-state index contributed by atoms with van der Waals surface area (Å²) in [6.07, 6.45) is 3.31. The third-order valence-corrected chi connectivity index (χ3v) is 3.51. The van der Waals surface area contributed by atoms with E-state index < -0.39 is 0 Å². The lowest BCUT2D eigenvalue weighted by Gasteiger charge is -2.26. The summed E-state index contributed by atoms with van der Waals surface area (Å²) in [5.41, 5.74) is 1.34. The maximum absolute atomic E-state index is 10.0. The highest BCUT2D eigenvalue weighted by Gasteiger charge is 2.13. The van der Waals surface area contributed by atoms with Crippen molar-refractivity contribution in [3.8, 4) is 0 Å². The van der Waals surface area contributed by atoms with E-state index in [0.29, 0.717) is 5.92 Å². The molecule has 2 nitrogen and oxygen atoms in total. The summed E-state index contributed by atoms with van der Waals surface area (Å²) in [5, 5.41) is 14.3. The largest absolute Gasteiger partial charge is 0.392 e. The first kappa shape index (κ1) is 15.4. The average Bonchev–Trinajstić information content (AvgIpc) is 2.78. The van der Waals surface area contributed by atoms with Crippen LogP contribution in [-0.2, 0) is 6.54 Å². The Hall–Kier alpha value is -0.640. The zero-order valence-corrected chi connectivity index (χ0v) is 12.3. The number of hydrogen-bond acceptors (Lipinski definition) is 3. The molecule has 1 aromatic heterocycles. The number of aliphatic hydroxyl groups excluding tert-OH is 1. The van der Waals surface area contributed by atoms with Gasteiger partial charge in [-0.05, 0) is 41.1 Å². The number of aliphatic hydroxyl groups is 1. The summed E-state index contributed by atoms with van der Waals surface area (Å²) >= 11 is 1.73. The molecule has 0 saturated carbocycles. The van der Waals surface area contributed by atoms with Crippen LogP contribution < -0.4 is 0 Å². The Labute approximate surface area is 115 Å². The van der Waals surface area contributed by atoms with Gasteiger partial charge >= 0.3 is 0 Å². The fourth-order valence-corrected chi connectivity index (χ4v) is 2.72. The van der Waals surface area contributed by atoms with Crippen molar-refractivity contribution < 1.29 is 5.11 Å². The van der Waals surface area contributed by atoms with Crippen LogP contribution in [0.25, 0.3) is 0 Å². The number of rotatable bonds is 9. The van der Waals surface area contributed by atoms with E-state index in [2.05, 4.69) is 42.2 Å². The minimum atomic E-state index is -0.250. The molecule has 1 heterocycles. The Morgan fingerprint density at radius 3 is 2.78 bits per heavy atom. The van der Waals surface area contributed by atoms with Gasteiger partial charge in [0, 0.05) is 19.6 Å². The van der Waals surface area contributed by atoms with Crippen molar-refractivity contribution in [1.82, 2.24) is 4.90 Å². The SMILES string of the molecule is C=CCCC(O)CN(Cc1ccsc1)CC(C)C. The fraction of sp³-hybridized carbons (Fsp3) is 0.600. The molecule has 3 heteroatoms.